The standard InChI is InChI=1S/C22H18ClF3N2O5S/c1-32-15-8-6-14(7-9-15)28-34(30,31)16-10-11-20(18(23)12-16)33-13-21(29)27-19-5-3-2-4-17(19)22(24,25)26/h2-12,28H,13H2,1H3,(H,27,29). The summed E-state index contributed by atoms with van der Waals surface area (Å²) in [4.78, 5) is 11.9. The summed E-state index contributed by atoms with van der Waals surface area (Å²) < 4.78 is 77.0. The molecule has 180 valence electrons. The van der Waals surface area contributed by atoms with Crippen molar-refractivity contribution in [1.82, 2.24) is 0 Å². The number of amides is 1. The van der Waals surface area contributed by atoms with Gasteiger partial charge in [-0.1, -0.05) is 23.7 Å². The van der Waals surface area contributed by atoms with E-state index in [-0.39, 0.29) is 15.7 Å². The van der Waals surface area contributed by atoms with Crippen LogP contribution in [0.5, 0.6) is 11.5 Å². The van der Waals surface area contributed by atoms with Crippen molar-refractivity contribution in [2.45, 2.75) is 11.1 Å². The SMILES string of the molecule is COc1ccc(NS(=O)(=O)c2ccc(OCC(=O)Nc3ccccc3C(F)(F)F)c(Cl)c2)cc1. The topological polar surface area (TPSA) is 93.7 Å². The molecule has 12 heteroatoms. The molecule has 0 aliphatic carbocycles. The third-order valence-corrected chi connectivity index (χ3v) is 6.10. The van der Waals surface area contributed by atoms with E-state index < -0.39 is 40.0 Å². The van der Waals surface area contributed by atoms with E-state index in [4.69, 9.17) is 21.1 Å². The lowest BCUT2D eigenvalue weighted by molar-refractivity contribution is -0.137. The van der Waals surface area contributed by atoms with Crippen LogP contribution in [0.4, 0.5) is 24.5 Å². The number of hydrogen-bond acceptors (Lipinski definition) is 5. The van der Waals surface area contributed by atoms with E-state index in [1.54, 1.807) is 12.1 Å². The van der Waals surface area contributed by atoms with Crippen LogP contribution in [0.3, 0.4) is 0 Å². The number of para-hydroxylation sites is 1. The number of carbonyl (C=O) groups excluding carboxylic acids is 1. The molecule has 7 nitrogen and oxygen atoms in total. The van der Waals surface area contributed by atoms with Crippen molar-refractivity contribution in [2.75, 3.05) is 23.8 Å². The minimum absolute atomic E-state index is 0.0238. The van der Waals surface area contributed by atoms with E-state index in [2.05, 4.69) is 10.0 Å². The number of carbonyl (C=O) groups is 1. The van der Waals surface area contributed by atoms with Gasteiger partial charge in [0.2, 0.25) is 0 Å². The number of sulfonamides is 1. The number of ether oxygens (including phenoxy) is 2. The average molecular weight is 515 g/mol. The number of rotatable bonds is 8. The summed E-state index contributed by atoms with van der Waals surface area (Å²) in [5.74, 6) is -0.326. The zero-order valence-corrected chi connectivity index (χ0v) is 19.1. The Morgan fingerprint density at radius 1 is 1.03 bits per heavy atom. The second-order valence-electron chi connectivity index (χ2n) is 6.81. The number of nitrogens with one attached hydrogen (secondary N) is 2. The molecule has 0 spiro atoms. The first-order chi connectivity index (χ1) is 16.0. The molecule has 0 saturated carbocycles. The van der Waals surface area contributed by atoms with E-state index in [0.29, 0.717) is 11.4 Å². The van der Waals surface area contributed by atoms with Crippen molar-refractivity contribution in [3.8, 4) is 11.5 Å². The largest absolute Gasteiger partial charge is 0.497 e. The molecule has 0 heterocycles. The van der Waals surface area contributed by atoms with Gasteiger partial charge in [-0.15, -0.1) is 0 Å². The first-order valence-corrected chi connectivity index (χ1v) is 11.4. The molecule has 34 heavy (non-hydrogen) atoms. The van der Waals surface area contributed by atoms with Crippen molar-refractivity contribution in [3.63, 3.8) is 0 Å². The van der Waals surface area contributed by atoms with Gasteiger partial charge in [-0.05, 0) is 54.6 Å². The second-order valence-corrected chi connectivity index (χ2v) is 8.90. The number of benzene rings is 3. The average Bonchev–Trinajstić information content (AvgIpc) is 2.78. The zero-order valence-electron chi connectivity index (χ0n) is 17.5. The molecule has 0 aliphatic rings. The Balaban J connectivity index is 1.66. The maximum atomic E-state index is 13.0. The van der Waals surface area contributed by atoms with Crippen molar-refractivity contribution in [1.29, 1.82) is 0 Å². The van der Waals surface area contributed by atoms with Crippen LogP contribution in [-0.2, 0) is 21.0 Å². The van der Waals surface area contributed by atoms with Gasteiger partial charge in [0.25, 0.3) is 15.9 Å². The van der Waals surface area contributed by atoms with Crippen molar-refractivity contribution in [3.05, 3.63) is 77.3 Å². The summed E-state index contributed by atoms with van der Waals surface area (Å²) >= 11 is 6.09. The molecule has 2 N–H and O–H groups in total. The molecule has 1 amide bonds. The summed E-state index contributed by atoms with van der Waals surface area (Å²) in [5.41, 5.74) is -1.12. The normalized spacial score (nSPS) is 11.6. The smallest absolute Gasteiger partial charge is 0.418 e. The molecular weight excluding hydrogens is 497 g/mol. The van der Waals surface area contributed by atoms with Crippen LogP contribution >= 0.6 is 11.6 Å². The molecule has 0 bridgehead atoms. The van der Waals surface area contributed by atoms with E-state index >= 15 is 0 Å². The van der Waals surface area contributed by atoms with Crippen LogP contribution in [-0.4, -0.2) is 28.0 Å². The maximum absolute atomic E-state index is 13.0. The summed E-state index contributed by atoms with van der Waals surface area (Å²) in [7, 11) is -2.50. The molecule has 0 unspecified atom stereocenters. The lowest BCUT2D eigenvalue weighted by atomic mass is 10.1. The van der Waals surface area contributed by atoms with Gasteiger partial charge < -0.3 is 14.8 Å². The molecular formula is C22H18ClF3N2O5S. The van der Waals surface area contributed by atoms with Gasteiger partial charge in [0, 0.05) is 5.69 Å². The Labute approximate surface area is 198 Å². The lowest BCUT2D eigenvalue weighted by Gasteiger charge is -2.14. The Bertz CT molecular complexity index is 1280. The van der Waals surface area contributed by atoms with Crippen LogP contribution in [0.2, 0.25) is 5.02 Å². The van der Waals surface area contributed by atoms with E-state index in [0.717, 1.165) is 18.2 Å². The molecule has 3 rings (SSSR count). The molecule has 0 aromatic heterocycles. The highest BCUT2D eigenvalue weighted by molar-refractivity contribution is 7.92. The van der Waals surface area contributed by atoms with Gasteiger partial charge in [0.05, 0.1) is 28.3 Å². The Kier molecular flexibility index (Phi) is 7.57. The third kappa shape index (κ3) is 6.33. The van der Waals surface area contributed by atoms with Crippen LogP contribution in [0.1, 0.15) is 5.56 Å². The molecule has 0 saturated heterocycles. The summed E-state index contributed by atoms with van der Waals surface area (Å²) in [6.45, 7) is -0.651. The van der Waals surface area contributed by atoms with Crippen LogP contribution in [0.25, 0.3) is 0 Å². The van der Waals surface area contributed by atoms with Crippen molar-refractivity contribution >= 4 is 38.9 Å². The third-order valence-electron chi connectivity index (χ3n) is 4.42. The molecule has 0 fully saturated rings. The Morgan fingerprint density at radius 2 is 1.71 bits per heavy atom. The second kappa shape index (κ2) is 10.2. The van der Waals surface area contributed by atoms with Crippen LogP contribution in [0.15, 0.2) is 71.6 Å². The van der Waals surface area contributed by atoms with Crippen molar-refractivity contribution < 1.29 is 35.9 Å². The number of alkyl halides is 3. The number of methoxy groups -OCH3 is 1. The minimum atomic E-state index is -4.64. The molecule has 0 aliphatic heterocycles. The summed E-state index contributed by atoms with van der Waals surface area (Å²) in [6, 6.07) is 14.3. The molecule has 3 aromatic carbocycles. The van der Waals surface area contributed by atoms with E-state index in [1.165, 1.54) is 43.5 Å². The Hall–Kier alpha value is -3.44. The molecule has 0 radical (unpaired) electrons. The van der Waals surface area contributed by atoms with Gasteiger partial charge in [-0.2, -0.15) is 13.2 Å². The monoisotopic (exact) mass is 514 g/mol. The number of hydrogen-bond donors (Lipinski definition) is 2. The van der Waals surface area contributed by atoms with Gasteiger partial charge in [0.15, 0.2) is 6.61 Å². The first-order valence-electron chi connectivity index (χ1n) is 9.55. The zero-order chi connectivity index (χ0) is 24.9. The lowest BCUT2D eigenvalue weighted by Crippen LogP contribution is -2.22. The molecule has 0 atom stereocenters. The van der Waals surface area contributed by atoms with E-state index in [9.17, 15) is 26.4 Å². The minimum Gasteiger partial charge on any atom is -0.497 e. The van der Waals surface area contributed by atoms with Gasteiger partial charge >= 0.3 is 6.18 Å². The predicted molar refractivity (Wildman–Crippen MR) is 121 cm³/mol. The van der Waals surface area contributed by atoms with Crippen molar-refractivity contribution in [2.24, 2.45) is 0 Å². The highest BCUT2D eigenvalue weighted by Crippen LogP contribution is 2.34. The summed E-state index contributed by atoms with van der Waals surface area (Å²) in [6.07, 6.45) is -4.64. The van der Waals surface area contributed by atoms with Crippen LogP contribution < -0.4 is 19.5 Å². The predicted octanol–water partition coefficient (Wildman–Crippen LogP) is 5.19. The quantitative estimate of drug-likeness (QED) is 0.432. The fraction of sp³-hybridized carbons (Fsp3) is 0.136. The highest BCUT2D eigenvalue weighted by Gasteiger charge is 2.33. The maximum Gasteiger partial charge on any atom is 0.418 e. The van der Waals surface area contributed by atoms with E-state index in [1.807, 2.05) is 0 Å². The van der Waals surface area contributed by atoms with Gasteiger partial charge in [-0.3, -0.25) is 9.52 Å². The first kappa shape index (κ1) is 25.2. The highest BCUT2D eigenvalue weighted by atomic mass is 35.5. The molecule has 3 aromatic rings. The number of halogens is 4. The Morgan fingerprint density at radius 3 is 2.32 bits per heavy atom. The van der Waals surface area contributed by atoms with Crippen LogP contribution in [0, 0.1) is 0 Å². The van der Waals surface area contributed by atoms with Gasteiger partial charge in [0.1, 0.15) is 11.5 Å². The fourth-order valence-electron chi connectivity index (χ4n) is 2.81. The summed E-state index contributed by atoms with van der Waals surface area (Å²) in [5, 5.41) is 2.03. The number of anilines is 2. The fourth-order valence-corrected chi connectivity index (χ4v) is 4.19. The van der Waals surface area contributed by atoms with Gasteiger partial charge in [-0.25, -0.2) is 8.42 Å².